The maximum Gasteiger partial charge on any atom is 0.123 e. The molecule has 0 fully saturated rings. The van der Waals surface area contributed by atoms with Gasteiger partial charge in [-0.2, -0.15) is 5.26 Å². The van der Waals surface area contributed by atoms with Gasteiger partial charge in [0.1, 0.15) is 5.75 Å². The van der Waals surface area contributed by atoms with Gasteiger partial charge in [0.25, 0.3) is 0 Å². The molecule has 0 aliphatic rings. The molecular weight excluding hydrogens is 200 g/mol. The van der Waals surface area contributed by atoms with Gasteiger partial charge in [-0.15, -0.1) is 0 Å². The molecule has 3 nitrogen and oxygen atoms in total. The second kappa shape index (κ2) is 4.54. The van der Waals surface area contributed by atoms with E-state index in [2.05, 4.69) is 6.07 Å². The summed E-state index contributed by atoms with van der Waals surface area (Å²) in [5.74, 6) is 0.737. The van der Waals surface area contributed by atoms with E-state index < -0.39 is 5.41 Å². The van der Waals surface area contributed by atoms with Crippen molar-refractivity contribution in [3.63, 3.8) is 0 Å². The van der Waals surface area contributed by atoms with E-state index in [4.69, 9.17) is 15.7 Å². The van der Waals surface area contributed by atoms with Gasteiger partial charge in [-0.3, -0.25) is 0 Å². The Morgan fingerprint density at radius 1 is 1.44 bits per heavy atom. The van der Waals surface area contributed by atoms with E-state index in [1.54, 1.807) is 7.11 Å². The molecule has 1 aromatic carbocycles. The molecule has 0 amide bonds. The molecule has 86 valence electrons. The zero-order valence-corrected chi connectivity index (χ0v) is 10.2. The summed E-state index contributed by atoms with van der Waals surface area (Å²) in [5, 5.41) is 9.09. The van der Waals surface area contributed by atoms with Crippen LogP contribution in [0.4, 0.5) is 0 Å². The van der Waals surface area contributed by atoms with Crippen LogP contribution in [0.15, 0.2) is 18.2 Å². The van der Waals surface area contributed by atoms with E-state index in [9.17, 15) is 0 Å². The Kier molecular flexibility index (Phi) is 3.56. The molecule has 0 saturated heterocycles. The Balaban J connectivity index is 3.22. The summed E-state index contributed by atoms with van der Waals surface area (Å²) in [5.41, 5.74) is 7.51. The Hall–Kier alpha value is -1.53. The van der Waals surface area contributed by atoms with Gasteiger partial charge in [0.15, 0.2) is 0 Å². The van der Waals surface area contributed by atoms with E-state index in [0.717, 1.165) is 16.9 Å². The number of rotatable bonds is 3. The quantitative estimate of drug-likeness (QED) is 0.848. The molecule has 1 unspecified atom stereocenters. The number of ether oxygens (including phenoxy) is 1. The van der Waals surface area contributed by atoms with Crippen molar-refractivity contribution in [2.75, 3.05) is 7.11 Å². The Morgan fingerprint density at radius 3 is 2.56 bits per heavy atom. The monoisotopic (exact) mass is 218 g/mol. The standard InChI is InChI=1S/C13H18N2O/c1-9-5-6-11(16-4)10(7-9)12(15)13(2,3)8-14/h5-7,12H,15H2,1-4H3. The van der Waals surface area contributed by atoms with Crippen LogP contribution in [0.5, 0.6) is 5.75 Å². The summed E-state index contributed by atoms with van der Waals surface area (Å²) in [7, 11) is 1.61. The van der Waals surface area contributed by atoms with E-state index in [0.29, 0.717) is 0 Å². The smallest absolute Gasteiger partial charge is 0.123 e. The van der Waals surface area contributed by atoms with Crippen molar-refractivity contribution in [3.05, 3.63) is 29.3 Å². The first kappa shape index (κ1) is 12.5. The molecule has 0 radical (unpaired) electrons. The first-order chi connectivity index (χ1) is 7.42. The molecular formula is C13H18N2O. The lowest BCUT2D eigenvalue weighted by molar-refractivity contribution is 0.362. The minimum Gasteiger partial charge on any atom is -0.496 e. The van der Waals surface area contributed by atoms with Gasteiger partial charge >= 0.3 is 0 Å². The molecule has 3 heteroatoms. The highest BCUT2D eigenvalue weighted by atomic mass is 16.5. The van der Waals surface area contributed by atoms with Crippen LogP contribution in [-0.2, 0) is 0 Å². The predicted molar refractivity (Wildman–Crippen MR) is 64.1 cm³/mol. The summed E-state index contributed by atoms with van der Waals surface area (Å²) < 4.78 is 5.27. The predicted octanol–water partition coefficient (Wildman–Crippen LogP) is 2.55. The third-order valence-corrected chi connectivity index (χ3v) is 2.79. The number of nitrogens with two attached hydrogens (primary N) is 1. The fourth-order valence-corrected chi connectivity index (χ4v) is 1.56. The van der Waals surface area contributed by atoms with E-state index in [1.165, 1.54) is 0 Å². The highest BCUT2D eigenvalue weighted by molar-refractivity contribution is 5.40. The Bertz CT molecular complexity index is 418. The third kappa shape index (κ3) is 2.34. The van der Waals surface area contributed by atoms with Crippen molar-refractivity contribution in [1.82, 2.24) is 0 Å². The van der Waals surface area contributed by atoms with E-state index in [-0.39, 0.29) is 6.04 Å². The maximum absolute atomic E-state index is 9.09. The highest BCUT2D eigenvalue weighted by Gasteiger charge is 2.29. The minimum atomic E-state index is -0.610. The van der Waals surface area contributed by atoms with Gasteiger partial charge in [0.2, 0.25) is 0 Å². The van der Waals surface area contributed by atoms with Crippen molar-refractivity contribution < 1.29 is 4.74 Å². The molecule has 2 N–H and O–H groups in total. The maximum atomic E-state index is 9.09. The van der Waals surface area contributed by atoms with Crippen LogP contribution in [-0.4, -0.2) is 7.11 Å². The first-order valence-corrected chi connectivity index (χ1v) is 5.23. The number of aryl methyl sites for hydroxylation is 1. The largest absolute Gasteiger partial charge is 0.496 e. The summed E-state index contributed by atoms with van der Waals surface area (Å²) in [4.78, 5) is 0. The van der Waals surface area contributed by atoms with Crippen LogP contribution >= 0.6 is 0 Å². The molecule has 0 saturated carbocycles. The zero-order valence-electron chi connectivity index (χ0n) is 10.2. The molecule has 1 aromatic rings. The van der Waals surface area contributed by atoms with Gasteiger partial charge in [-0.05, 0) is 26.8 Å². The second-order valence-electron chi connectivity index (χ2n) is 4.56. The lowest BCUT2D eigenvalue weighted by atomic mass is 9.82. The Morgan fingerprint density at radius 2 is 2.06 bits per heavy atom. The van der Waals surface area contributed by atoms with Gasteiger partial charge in [-0.25, -0.2) is 0 Å². The summed E-state index contributed by atoms with van der Waals surface area (Å²) in [6.07, 6.45) is 0. The van der Waals surface area contributed by atoms with Crippen LogP contribution in [0.25, 0.3) is 0 Å². The van der Waals surface area contributed by atoms with Gasteiger partial charge in [0, 0.05) is 5.56 Å². The summed E-state index contributed by atoms with van der Waals surface area (Å²) >= 11 is 0. The van der Waals surface area contributed by atoms with Crippen molar-refractivity contribution in [3.8, 4) is 11.8 Å². The second-order valence-corrected chi connectivity index (χ2v) is 4.56. The molecule has 0 heterocycles. The number of benzene rings is 1. The van der Waals surface area contributed by atoms with Gasteiger partial charge in [0.05, 0.1) is 24.6 Å². The molecule has 1 rings (SSSR count). The number of hydrogen-bond acceptors (Lipinski definition) is 3. The number of nitrogens with zero attached hydrogens (tertiary/aromatic N) is 1. The van der Waals surface area contributed by atoms with Crippen LogP contribution in [0.2, 0.25) is 0 Å². The van der Waals surface area contributed by atoms with Crippen LogP contribution < -0.4 is 10.5 Å². The third-order valence-electron chi connectivity index (χ3n) is 2.79. The lowest BCUT2D eigenvalue weighted by Crippen LogP contribution is -2.28. The molecule has 0 aliphatic heterocycles. The van der Waals surface area contributed by atoms with Gasteiger partial charge < -0.3 is 10.5 Å². The molecule has 0 aromatic heterocycles. The average molecular weight is 218 g/mol. The van der Waals surface area contributed by atoms with Gasteiger partial charge in [-0.1, -0.05) is 17.7 Å². The lowest BCUT2D eigenvalue weighted by Gasteiger charge is -2.26. The van der Waals surface area contributed by atoms with Crippen molar-refractivity contribution in [2.45, 2.75) is 26.8 Å². The molecule has 0 aliphatic carbocycles. The first-order valence-electron chi connectivity index (χ1n) is 5.23. The normalized spacial score (nSPS) is 13.0. The topological polar surface area (TPSA) is 59.0 Å². The van der Waals surface area contributed by atoms with Crippen LogP contribution in [0.3, 0.4) is 0 Å². The fourth-order valence-electron chi connectivity index (χ4n) is 1.56. The Labute approximate surface area is 96.8 Å². The number of nitriles is 1. The SMILES string of the molecule is COc1ccc(C)cc1C(N)C(C)(C)C#N. The van der Waals surface area contributed by atoms with Crippen molar-refractivity contribution in [2.24, 2.45) is 11.1 Å². The van der Waals surface area contributed by atoms with E-state index in [1.807, 2.05) is 39.0 Å². The highest BCUT2D eigenvalue weighted by Crippen LogP contribution is 2.35. The van der Waals surface area contributed by atoms with Crippen LogP contribution in [0.1, 0.15) is 31.0 Å². The molecule has 0 bridgehead atoms. The minimum absolute atomic E-state index is 0.354. The average Bonchev–Trinajstić information content (AvgIpc) is 2.28. The molecule has 0 spiro atoms. The molecule has 1 atom stereocenters. The summed E-state index contributed by atoms with van der Waals surface area (Å²) in [6, 6.07) is 7.70. The molecule has 16 heavy (non-hydrogen) atoms. The van der Waals surface area contributed by atoms with Crippen LogP contribution in [0, 0.1) is 23.7 Å². The summed E-state index contributed by atoms with van der Waals surface area (Å²) in [6.45, 7) is 5.66. The number of hydrogen-bond donors (Lipinski definition) is 1. The fraction of sp³-hybridized carbons (Fsp3) is 0.462. The zero-order chi connectivity index (χ0) is 12.3. The number of methoxy groups -OCH3 is 1. The van der Waals surface area contributed by atoms with E-state index >= 15 is 0 Å². The van der Waals surface area contributed by atoms with Crippen molar-refractivity contribution in [1.29, 1.82) is 5.26 Å². The van der Waals surface area contributed by atoms with Crippen molar-refractivity contribution >= 4 is 0 Å².